The number of benzene rings is 2. The quantitative estimate of drug-likeness (QED) is 0.407. The van der Waals surface area contributed by atoms with Gasteiger partial charge in [0.1, 0.15) is 5.52 Å². The van der Waals surface area contributed by atoms with E-state index in [9.17, 15) is 18.5 Å². The summed E-state index contributed by atoms with van der Waals surface area (Å²) in [7, 11) is -4.35. The lowest BCUT2D eigenvalue weighted by molar-refractivity contribution is -0.386. The zero-order valence-corrected chi connectivity index (χ0v) is 14.6. The van der Waals surface area contributed by atoms with Gasteiger partial charge in [0, 0.05) is 6.20 Å². The van der Waals surface area contributed by atoms with E-state index >= 15 is 0 Å². The topological polar surface area (TPSA) is 116 Å². The molecule has 2 N–H and O–H groups in total. The highest BCUT2D eigenvalue weighted by Gasteiger charge is 2.33. The van der Waals surface area contributed by atoms with E-state index in [1.807, 2.05) is 0 Å². The van der Waals surface area contributed by atoms with Crippen LogP contribution in [-0.4, -0.2) is 18.3 Å². The first-order valence-corrected chi connectivity index (χ1v) is 8.99. The Kier molecular flexibility index (Phi) is 4.28. The predicted octanol–water partition coefficient (Wildman–Crippen LogP) is 3.86. The Labute approximate surface area is 152 Å². The molecular formula is C15H9Cl2N3O4S. The third-order valence-electron chi connectivity index (χ3n) is 3.53. The van der Waals surface area contributed by atoms with Crippen molar-refractivity contribution in [1.29, 1.82) is 0 Å². The number of hydrogen-bond donors (Lipinski definition) is 1. The first kappa shape index (κ1) is 17.4. The number of halogens is 2. The number of rotatable bonds is 3. The number of nitro groups is 1. The molecule has 0 saturated heterocycles. The van der Waals surface area contributed by atoms with Gasteiger partial charge in [-0.05, 0) is 30.3 Å². The SMILES string of the molecule is Nc1cc(S(=O)(=O)c2cccc(Cl)c2Cl)c([N+](=O)[O-])c2cccnc12. The van der Waals surface area contributed by atoms with Gasteiger partial charge >= 0.3 is 0 Å². The minimum absolute atomic E-state index is 0.00192. The van der Waals surface area contributed by atoms with Crippen LogP contribution in [0, 0.1) is 10.1 Å². The number of nitrogen functional groups attached to an aromatic ring is 1. The van der Waals surface area contributed by atoms with Gasteiger partial charge in [0.05, 0.1) is 30.9 Å². The molecular weight excluding hydrogens is 389 g/mol. The first-order chi connectivity index (χ1) is 11.7. The second-order valence-electron chi connectivity index (χ2n) is 5.02. The highest BCUT2D eigenvalue weighted by Crippen LogP contribution is 2.40. The Hall–Kier alpha value is -2.42. The molecule has 0 fully saturated rings. The minimum atomic E-state index is -4.35. The molecule has 25 heavy (non-hydrogen) atoms. The molecule has 0 aliphatic rings. The van der Waals surface area contributed by atoms with E-state index in [-0.39, 0.29) is 31.5 Å². The van der Waals surface area contributed by atoms with Crippen LogP contribution in [0.1, 0.15) is 0 Å². The maximum atomic E-state index is 13.0. The molecule has 0 amide bonds. The van der Waals surface area contributed by atoms with Gasteiger partial charge in [-0.2, -0.15) is 0 Å². The standard InChI is InChI=1S/C15H9Cl2N3O4S/c16-9-4-1-5-11(13(9)17)25(23,24)12-7-10(18)14-8(3-2-6-19-14)15(12)20(21)22/h1-7H,18H2. The van der Waals surface area contributed by atoms with Crippen LogP contribution in [-0.2, 0) is 9.84 Å². The number of nitrogens with two attached hydrogens (primary N) is 1. The van der Waals surface area contributed by atoms with Crippen LogP contribution in [0.15, 0.2) is 52.4 Å². The van der Waals surface area contributed by atoms with Crippen LogP contribution in [0.4, 0.5) is 11.4 Å². The van der Waals surface area contributed by atoms with E-state index < -0.39 is 25.3 Å². The summed E-state index contributed by atoms with van der Waals surface area (Å²) in [5, 5.41) is 11.4. The van der Waals surface area contributed by atoms with Crippen LogP contribution in [0.2, 0.25) is 10.0 Å². The molecule has 0 bridgehead atoms. The number of aromatic nitrogens is 1. The monoisotopic (exact) mass is 397 g/mol. The highest BCUT2D eigenvalue weighted by molar-refractivity contribution is 7.91. The van der Waals surface area contributed by atoms with Gasteiger partial charge in [-0.1, -0.05) is 29.3 Å². The zero-order valence-electron chi connectivity index (χ0n) is 12.3. The normalized spacial score (nSPS) is 11.6. The number of nitrogens with zero attached hydrogens (tertiary/aromatic N) is 2. The molecule has 0 atom stereocenters. The molecule has 3 aromatic rings. The fourth-order valence-electron chi connectivity index (χ4n) is 2.44. The first-order valence-electron chi connectivity index (χ1n) is 6.76. The minimum Gasteiger partial charge on any atom is -0.397 e. The van der Waals surface area contributed by atoms with Crippen molar-refractivity contribution in [2.45, 2.75) is 9.79 Å². The van der Waals surface area contributed by atoms with E-state index in [0.29, 0.717) is 0 Å². The number of nitro benzene ring substituents is 1. The molecule has 0 radical (unpaired) electrons. The Bertz CT molecular complexity index is 1130. The summed E-state index contributed by atoms with van der Waals surface area (Å²) in [4.78, 5) is 13.9. The molecule has 1 aromatic heterocycles. The molecule has 10 heteroatoms. The van der Waals surface area contributed by atoms with E-state index in [0.717, 1.165) is 6.07 Å². The number of hydrogen-bond acceptors (Lipinski definition) is 6. The van der Waals surface area contributed by atoms with Crippen LogP contribution in [0.3, 0.4) is 0 Å². The van der Waals surface area contributed by atoms with Crippen molar-refractivity contribution in [3.63, 3.8) is 0 Å². The Morgan fingerprint density at radius 2 is 1.84 bits per heavy atom. The van der Waals surface area contributed by atoms with E-state index in [4.69, 9.17) is 28.9 Å². The summed E-state index contributed by atoms with van der Waals surface area (Å²) in [6.45, 7) is 0. The molecule has 0 spiro atoms. The van der Waals surface area contributed by atoms with Crippen LogP contribution in [0.25, 0.3) is 10.9 Å². The molecule has 0 saturated carbocycles. The second kappa shape index (κ2) is 6.14. The molecule has 3 rings (SSSR count). The van der Waals surface area contributed by atoms with Crippen molar-refractivity contribution in [3.05, 3.63) is 62.8 Å². The van der Waals surface area contributed by atoms with Gasteiger partial charge in [-0.15, -0.1) is 0 Å². The number of pyridine rings is 1. The molecule has 2 aromatic carbocycles. The summed E-state index contributed by atoms with van der Waals surface area (Å²) in [5.41, 5.74) is 5.38. The van der Waals surface area contributed by atoms with Crippen molar-refractivity contribution >= 4 is 55.3 Å². The van der Waals surface area contributed by atoms with Crippen LogP contribution >= 0.6 is 23.2 Å². The van der Waals surface area contributed by atoms with Crippen molar-refractivity contribution in [2.24, 2.45) is 0 Å². The lowest BCUT2D eigenvalue weighted by Gasteiger charge is -2.11. The second-order valence-corrected chi connectivity index (χ2v) is 7.70. The molecule has 1 heterocycles. The van der Waals surface area contributed by atoms with E-state index in [1.165, 1.54) is 36.5 Å². The van der Waals surface area contributed by atoms with Gasteiger partial charge in [0.25, 0.3) is 5.69 Å². The number of fused-ring (bicyclic) bond motifs is 1. The van der Waals surface area contributed by atoms with Gasteiger partial charge < -0.3 is 5.73 Å². The smallest absolute Gasteiger partial charge is 0.297 e. The lowest BCUT2D eigenvalue weighted by Crippen LogP contribution is -2.08. The molecule has 0 aliphatic carbocycles. The van der Waals surface area contributed by atoms with Crippen LogP contribution in [0.5, 0.6) is 0 Å². The summed E-state index contributed by atoms with van der Waals surface area (Å²) < 4.78 is 26.0. The summed E-state index contributed by atoms with van der Waals surface area (Å²) in [6, 6.07) is 7.87. The van der Waals surface area contributed by atoms with Gasteiger partial charge in [0.15, 0.2) is 4.90 Å². The average molecular weight is 398 g/mol. The van der Waals surface area contributed by atoms with Crippen molar-refractivity contribution in [3.8, 4) is 0 Å². The molecule has 128 valence electrons. The summed E-state index contributed by atoms with van der Waals surface area (Å²) in [5.74, 6) is 0. The molecule has 0 aliphatic heterocycles. The number of anilines is 1. The Morgan fingerprint density at radius 3 is 2.52 bits per heavy atom. The summed E-state index contributed by atoms with van der Waals surface area (Å²) >= 11 is 11.9. The van der Waals surface area contributed by atoms with Crippen LogP contribution < -0.4 is 5.73 Å². The van der Waals surface area contributed by atoms with E-state index in [2.05, 4.69) is 4.98 Å². The number of sulfone groups is 1. The van der Waals surface area contributed by atoms with Crippen molar-refractivity contribution in [2.75, 3.05) is 5.73 Å². The fraction of sp³-hybridized carbons (Fsp3) is 0. The Morgan fingerprint density at radius 1 is 1.12 bits per heavy atom. The predicted molar refractivity (Wildman–Crippen MR) is 94.7 cm³/mol. The maximum absolute atomic E-state index is 13.0. The van der Waals surface area contributed by atoms with Gasteiger partial charge in [0.2, 0.25) is 9.84 Å². The maximum Gasteiger partial charge on any atom is 0.297 e. The Balaban J connectivity index is 2.45. The van der Waals surface area contributed by atoms with E-state index in [1.54, 1.807) is 0 Å². The van der Waals surface area contributed by atoms with Crippen molar-refractivity contribution in [1.82, 2.24) is 4.98 Å². The average Bonchev–Trinajstić information content (AvgIpc) is 2.56. The zero-order chi connectivity index (χ0) is 18.4. The third-order valence-corrected chi connectivity index (χ3v) is 6.27. The van der Waals surface area contributed by atoms with Gasteiger partial charge in [-0.25, -0.2) is 8.42 Å². The molecule has 7 nitrogen and oxygen atoms in total. The van der Waals surface area contributed by atoms with Gasteiger partial charge in [-0.3, -0.25) is 15.1 Å². The molecule has 0 unspecified atom stereocenters. The largest absolute Gasteiger partial charge is 0.397 e. The fourth-order valence-corrected chi connectivity index (χ4v) is 4.66. The highest BCUT2D eigenvalue weighted by atomic mass is 35.5. The van der Waals surface area contributed by atoms with Crippen molar-refractivity contribution < 1.29 is 13.3 Å². The lowest BCUT2D eigenvalue weighted by atomic mass is 10.1. The third kappa shape index (κ3) is 2.78. The summed E-state index contributed by atoms with van der Waals surface area (Å²) in [6.07, 6.45) is 1.41.